The van der Waals surface area contributed by atoms with Gasteiger partial charge in [-0.1, -0.05) is 6.92 Å². The quantitative estimate of drug-likeness (QED) is 0.721. The molecule has 0 aliphatic heterocycles. The lowest BCUT2D eigenvalue weighted by Gasteiger charge is -2.11. The van der Waals surface area contributed by atoms with Crippen molar-refractivity contribution in [3.63, 3.8) is 0 Å². The van der Waals surface area contributed by atoms with Crippen LogP contribution in [0.3, 0.4) is 0 Å². The van der Waals surface area contributed by atoms with E-state index in [-0.39, 0.29) is 5.91 Å². The van der Waals surface area contributed by atoms with E-state index in [4.69, 9.17) is 4.84 Å². The highest BCUT2D eigenvalue weighted by molar-refractivity contribution is 7.14. The summed E-state index contributed by atoms with van der Waals surface area (Å²) in [5, 5.41) is 1.24. The van der Waals surface area contributed by atoms with Crippen LogP contribution in [0.2, 0.25) is 0 Å². The summed E-state index contributed by atoms with van der Waals surface area (Å²) in [5.41, 5.74) is 1.19. The second-order valence-electron chi connectivity index (χ2n) is 3.06. The molecule has 1 aromatic heterocycles. The van der Waals surface area contributed by atoms with Crippen molar-refractivity contribution in [1.82, 2.24) is 5.06 Å². The largest absolute Gasteiger partial charge is 0.287 e. The van der Waals surface area contributed by atoms with E-state index in [0.29, 0.717) is 0 Å². The van der Waals surface area contributed by atoms with Crippen LogP contribution in [-0.2, 0) is 11.3 Å². The normalized spacial score (nSPS) is 10.3. The summed E-state index contributed by atoms with van der Waals surface area (Å²) >= 11 is 1.54. The van der Waals surface area contributed by atoms with Gasteiger partial charge in [-0.05, 0) is 25.0 Å². The van der Waals surface area contributed by atoms with Crippen LogP contribution in [0, 0.1) is 6.92 Å². The number of hydrogen-bond acceptors (Lipinski definition) is 3. The minimum Gasteiger partial charge on any atom is -0.274 e. The zero-order valence-electron chi connectivity index (χ0n) is 8.96. The summed E-state index contributed by atoms with van der Waals surface area (Å²) in [5.74, 6) is -0.0831. The van der Waals surface area contributed by atoms with Crippen molar-refractivity contribution in [2.24, 2.45) is 0 Å². The van der Waals surface area contributed by atoms with Crippen molar-refractivity contribution >= 4 is 17.2 Å². The van der Waals surface area contributed by atoms with Crippen LogP contribution in [0.25, 0.3) is 0 Å². The first kappa shape index (κ1) is 11.2. The van der Waals surface area contributed by atoms with Gasteiger partial charge in [-0.15, -0.1) is 11.3 Å². The van der Waals surface area contributed by atoms with Crippen LogP contribution < -0.4 is 0 Å². The third-order valence-corrected chi connectivity index (χ3v) is 3.48. The van der Waals surface area contributed by atoms with E-state index in [1.54, 1.807) is 18.4 Å². The van der Waals surface area contributed by atoms with E-state index < -0.39 is 0 Å². The van der Waals surface area contributed by atoms with Gasteiger partial charge in [0.05, 0.1) is 12.0 Å². The molecular formula is C10H15NO2S. The lowest BCUT2D eigenvalue weighted by Crippen LogP contribution is -2.24. The topological polar surface area (TPSA) is 29.5 Å². The molecular weight excluding hydrogens is 198 g/mol. The van der Waals surface area contributed by atoms with Crippen LogP contribution in [-0.4, -0.2) is 25.1 Å². The van der Waals surface area contributed by atoms with Gasteiger partial charge in [0.25, 0.3) is 5.91 Å². The Morgan fingerprint density at radius 2 is 2.29 bits per heavy atom. The number of aryl methyl sites for hydroxylation is 2. The van der Waals surface area contributed by atoms with Crippen molar-refractivity contribution < 1.29 is 9.63 Å². The highest BCUT2D eigenvalue weighted by Crippen LogP contribution is 2.23. The third kappa shape index (κ3) is 2.13. The number of carbonyl (C=O) groups is 1. The molecule has 0 unspecified atom stereocenters. The fraction of sp³-hybridized carbons (Fsp3) is 0.500. The predicted octanol–water partition coefficient (Wildman–Crippen LogP) is 2.25. The Hall–Kier alpha value is -0.870. The van der Waals surface area contributed by atoms with Gasteiger partial charge in [-0.3, -0.25) is 9.63 Å². The number of amides is 1. The zero-order valence-corrected chi connectivity index (χ0v) is 9.77. The molecule has 0 aliphatic carbocycles. The Labute approximate surface area is 88.3 Å². The Kier molecular flexibility index (Phi) is 3.66. The molecule has 3 nitrogen and oxygen atoms in total. The van der Waals surface area contributed by atoms with Gasteiger partial charge in [0.2, 0.25) is 0 Å². The van der Waals surface area contributed by atoms with Gasteiger partial charge in [0, 0.05) is 11.9 Å². The van der Waals surface area contributed by atoms with Crippen LogP contribution in [0.1, 0.15) is 27.0 Å². The van der Waals surface area contributed by atoms with Gasteiger partial charge in [-0.2, -0.15) is 0 Å². The predicted molar refractivity (Wildman–Crippen MR) is 57.5 cm³/mol. The van der Waals surface area contributed by atoms with Gasteiger partial charge < -0.3 is 0 Å². The van der Waals surface area contributed by atoms with Crippen LogP contribution in [0.5, 0.6) is 0 Å². The van der Waals surface area contributed by atoms with Crippen LogP contribution in [0.15, 0.2) is 6.07 Å². The average molecular weight is 213 g/mol. The lowest BCUT2D eigenvalue weighted by atomic mass is 10.2. The van der Waals surface area contributed by atoms with E-state index >= 15 is 0 Å². The van der Waals surface area contributed by atoms with E-state index in [9.17, 15) is 4.79 Å². The maximum absolute atomic E-state index is 11.7. The Balaban J connectivity index is 2.91. The number of thiophene rings is 1. The molecule has 0 fully saturated rings. The summed E-state index contributed by atoms with van der Waals surface area (Å²) < 4.78 is 0. The fourth-order valence-electron chi connectivity index (χ4n) is 1.21. The minimum atomic E-state index is -0.0831. The second-order valence-corrected chi connectivity index (χ2v) is 4.19. The molecule has 78 valence electrons. The first-order valence-electron chi connectivity index (χ1n) is 4.51. The molecule has 1 heterocycles. The van der Waals surface area contributed by atoms with Gasteiger partial charge in [0.15, 0.2) is 0 Å². The van der Waals surface area contributed by atoms with Crippen molar-refractivity contribution in [2.75, 3.05) is 14.2 Å². The molecule has 0 atom stereocenters. The Bertz CT molecular complexity index is 333. The van der Waals surface area contributed by atoms with Gasteiger partial charge >= 0.3 is 0 Å². The molecule has 0 spiro atoms. The Morgan fingerprint density at radius 3 is 2.71 bits per heavy atom. The average Bonchev–Trinajstić information content (AvgIpc) is 2.57. The van der Waals surface area contributed by atoms with Crippen molar-refractivity contribution in [2.45, 2.75) is 20.3 Å². The van der Waals surface area contributed by atoms with E-state index in [0.717, 1.165) is 11.3 Å². The molecule has 0 saturated heterocycles. The first-order valence-corrected chi connectivity index (χ1v) is 5.33. The third-order valence-electron chi connectivity index (χ3n) is 2.11. The van der Waals surface area contributed by atoms with Crippen molar-refractivity contribution in [1.29, 1.82) is 0 Å². The Morgan fingerprint density at radius 1 is 1.64 bits per heavy atom. The highest BCUT2D eigenvalue weighted by Gasteiger charge is 2.15. The second kappa shape index (κ2) is 4.57. The van der Waals surface area contributed by atoms with E-state index in [1.165, 1.54) is 22.6 Å². The molecule has 0 aliphatic rings. The van der Waals surface area contributed by atoms with Crippen LogP contribution in [0.4, 0.5) is 0 Å². The number of hydrogen-bond donors (Lipinski definition) is 0. The highest BCUT2D eigenvalue weighted by atomic mass is 32.1. The summed E-state index contributed by atoms with van der Waals surface area (Å²) in [4.78, 5) is 18.5. The molecule has 14 heavy (non-hydrogen) atoms. The molecule has 0 saturated carbocycles. The number of carbonyl (C=O) groups excluding carboxylic acids is 1. The molecule has 1 amide bonds. The summed E-state index contributed by atoms with van der Waals surface area (Å²) in [6.45, 7) is 4.12. The van der Waals surface area contributed by atoms with Crippen LogP contribution >= 0.6 is 11.3 Å². The van der Waals surface area contributed by atoms with Crippen molar-refractivity contribution in [3.8, 4) is 0 Å². The maximum Gasteiger partial charge on any atom is 0.287 e. The molecule has 0 N–H and O–H groups in total. The SMILES string of the molecule is CCc1sc(C(=O)N(C)OC)cc1C. The standard InChI is InChI=1S/C10H15NO2S/c1-5-8-7(2)6-9(14-8)10(12)11(3)13-4/h6H,5H2,1-4H3. The summed E-state index contributed by atoms with van der Waals surface area (Å²) in [6.07, 6.45) is 0.973. The summed E-state index contributed by atoms with van der Waals surface area (Å²) in [6, 6.07) is 1.92. The molecule has 0 aromatic carbocycles. The smallest absolute Gasteiger partial charge is 0.274 e. The molecule has 1 aromatic rings. The van der Waals surface area contributed by atoms with E-state index in [2.05, 4.69) is 6.92 Å². The van der Waals surface area contributed by atoms with Gasteiger partial charge in [0.1, 0.15) is 0 Å². The number of hydroxylamine groups is 2. The minimum absolute atomic E-state index is 0.0831. The molecule has 1 rings (SSSR count). The summed E-state index contributed by atoms with van der Waals surface area (Å²) in [7, 11) is 3.10. The molecule has 0 radical (unpaired) electrons. The van der Waals surface area contributed by atoms with E-state index in [1.807, 2.05) is 13.0 Å². The first-order chi connectivity index (χ1) is 6.60. The maximum atomic E-state index is 11.7. The fourth-order valence-corrected chi connectivity index (χ4v) is 2.30. The van der Waals surface area contributed by atoms with Crippen molar-refractivity contribution in [3.05, 3.63) is 21.4 Å². The molecule has 4 heteroatoms. The number of rotatable bonds is 3. The monoisotopic (exact) mass is 213 g/mol. The lowest BCUT2D eigenvalue weighted by molar-refractivity contribution is -0.0753. The van der Waals surface area contributed by atoms with Gasteiger partial charge in [-0.25, -0.2) is 5.06 Å². The zero-order chi connectivity index (χ0) is 10.7. The molecule has 0 bridgehead atoms. The number of nitrogens with zero attached hydrogens (tertiary/aromatic N) is 1.